The van der Waals surface area contributed by atoms with Crippen LogP contribution in [0.4, 0.5) is 0 Å². The van der Waals surface area contributed by atoms with Gasteiger partial charge in [-0.2, -0.15) is 0 Å². The van der Waals surface area contributed by atoms with Crippen LogP contribution < -0.4 is 0 Å². The Morgan fingerprint density at radius 1 is 1.16 bits per heavy atom. The van der Waals surface area contributed by atoms with E-state index in [1.807, 2.05) is 0 Å². The summed E-state index contributed by atoms with van der Waals surface area (Å²) in [7, 11) is 0. The van der Waals surface area contributed by atoms with Crippen LogP contribution in [0, 0.1) is 0 Å². The van der Waals surface area contributed by atoms with Crippen molar-refractivity contribution in [3.8, 4) is 0 Å². The smallest absolute Gasteiger partial charge is 0.303 e. The molecule has 0 unspecified atom stereocenters. The number of ether oxygens (including phenoxy) is 3. The summed E-state index contributed by atoms with van der Waals surface area (Å²) in [5.41, 5.74) is -1.83. The number of esters is 3. The number of rotatable bonds is 4. The molecule has 0 fully saturated rings. The van der Waals surface area contributed by atoms with Crippen molar-refractivity contribution in [3.05, 3.63) is 12.2 Å². The maximum Gasteiger partial charge on any atom is 0.303 e. The minimum absolute atomic E-state index is 0.508. The molecule has 1 aliphatic carbocycles. The third kappa shape index (κ3) is 3.40. The lowest BCUT2D eigenvalue weighted by molar-refractivity contribution is -0.189. The van der Waals surface area contributed by atoms with E-state index in [-0.39, 0.29) is 0 Å². The van der Waals surface area contributed by atoms with Gasteiger partial charge in [0.1, 0.15) is 6.61 Å². The molecular formula is C12H14O7. The second-order valence-corrected chi connectivity index (χ2v) is 4.02. The van der Waals surface area contributed by atoms with Crippen molar-refractivity contribution in [2.45, 2.75) is 32.5 Å². The molecule has 1 aliphatic rings. The third-order valence-corrected chi connectivity index (χ3v) is 2.41. The summed E-state index contributed by atoms with van der Waals surface area (Å²) < 4.78 is 14.6. The molecule has 0 aromatic carbocycles. The average molecular weight is 270 g/mol. The van der Waals surface area contributed by atoms with Crippen molar-refractivity contribution in [1.29, 1.82) is 0 Å². The van der Waals surface area contributed by atoms with Crippen LogP contribution in [0.2, 0.25) is 0 Å². The van der Waals surface area contributed by atoms with Gasteiger partial charge in [-0.05, 0) is 12.2 Å². The van der Waals surface area contributed by atoms with E-state index in [1.54, 1.807) is 0 Å². The monoisotopic (exact) mass is 270 g/mol. The van der Waals surface area contributed by atoms with Gasteiger partial charge in [-0.1, -0.05) is 0 Å². The van der Waals surface area contributed by atoms with E-state index in [1.165, 1.54) is 6.08 Å². The Morgan fingerprint density at radius 3 is 2.26 bits per heavy atom. The van der Waals surface area contributed by atoms with Crippen molar-refractivity contribution in [2.75, 3.05) is 6.61 Å². The van der Waals surface area contributed by atoms with E-state index < -0.39 is 42.0 Å². The van der Waals surface area contributed by atoms with Gasteiger partial charge in [0.15, 0.2) is 6.10 Å². The van der Waals surface area contributed by atoms with Crippen LogP contribution in [0.15, 0.2) is 12.2 Å². The second-order valence-electron chi connectivity index (χ2n) is 4.02. The lowest BCUT2D eigenvalue weighted by atomic mass is 9.98. The zero-order valence-corrected chi connectivity index (χ0v) is 10.8. The highest BCUT2D eigenvalue weighted by Gasteiger charge is 2.53. The largest absolute Gasteiger partial charge is 0.461 e. The topological polar surface area (TPSA) is 96.0 Å². The minimum atomic E-state index is -1.83. The Morgan fingerprint density at radius 2 is 1.79 bits per heavy atom. The standard InChI is InChI=1S/C12H14O7/c1-7(13)17-6-12(19-9(3)15)10(16)4-5-11(12)18-8(2)14/h4-5,11H,6H2,1-3H3/t11-,12-/m1/s1. The number of ketones is 1. The van der Waals surface area contributed by atoms with Crippen LogP contribution in [0.3, 0.4) is 0 Å². The molecule has 0 aromatic heterocycles. The van der Waals surface area contributed by atoms with Gasteiger partial charge in [-0.25, -0.2) is 0 Å². The first-order valence-corrected chi connectivity index (χ1v) is 5.50. The highest BCUT2D eigenvalue weighted by molar-refractivity contribution is 6.02. The maximum absolute atomic E-state index is 11.9. The summed E-state index contributed by atoms with van der Waals surface area (Å²) in [5.74, 6) is -2.65. The summed E-state index contributed by atoms with van der Waals surface area (Å²) in [6.07, 6.45) is 1.30. The summed E-state index contributed by atoms with van der Waals surface area (Å²) in [6.45, 7) is 2.90. The van der Waals surface area contributed by atoms with Crippen LogP contribution in [0.1, 0.15) is 20.8 Å². The number of hydrogen-bond donors (Lipinski definition) is 0. The van der Waals surface area contributed by atoms with Gasteiger partial charge < -0.3 is 14.2 Å². The van der Waals surface area contributed by atoms with E-state index in [2.05, 4.69) is 0 Å². The lowest BCUT2D eigenvalue weighted by Crippen LogP contribution is -2.53. The highest BCUT2D eigenvalue weighted by atomic mass is 16.6. The lowest BCUT2D eigenvalue weighted by Gasteiger charge is -2.31. The van der Waals surface area contributed by atoms with E-state index >= 15 is 0 Å². The maximum atomic E-state index is 11.9. The van der Waals surface area contributed by atoms with Crippen molar-refractivity contribution < 1.29 is 33.4 Å². The molecule has 0 bridgehead atoms. The van der Waals surface area contributed by atoms with Crippen molar-refractivity contribution >= 4 is 23.7 Å². The molecule has 0 aromatic rings. The molecule has 7 nitrogen and oxygen atoms in total. The molecule has 0 heterocycles. The SMILES string of the molecule is CC(=O)OC[C@@]1(OC(C)=O)C(=O)C=C[C@H]1OC(C)=O. The molecule has 0 N–H and O–H groups in total. The van der Waals surface area contributed by atoms with Crippen molar-refractivity contribution in [2.24, 2.45) is 0 Å². The molecule has 0 spiro atoms. The number of carbonyl (C=O) groups is 4. The molecule has 1 rings (SSSR count). The molecule has 0 saturated carbocycles. The van der Waals surface area contributed by atoms with Gasteiger partial charge in [0.2, 0.25) is 11.4 Å². The molecule has 7 heteroatoms. The number of hydrogen-bond acceptors (Lipinski definition) is 7. The molecular weight excluding hydrogens is 256 g/mol. The van der Waals surface area contributed by atoms with Crippen LogP contribution in [0.25, 0.3) is 0 Å². The van der Waals surface area contributed by atoms with E-state index in [0.717, 1.165) is 26.8 Å². The predicted octanol–water partition coefficient (Wildman–Crippen LogP) is -0.0780. The molecule has 104 valence electrons. The predicted molar refractivity (Wildman–Crippen MR) is 60.8 cm³/mol. The normalized spacial score (nSPS) is 25.0. The van der Waals surface area contributed by atoms with E-state index in [0.29, 0.717) is 0 Å². The summed E-state index contributed by atoms with van der Waals surface area (Å²) >= 11 is 0. The summed E-state index contributed by atoms with van der Waals surface area (Å²) in [5, 5.41) is 0. The molecule has 0 radical (unpaired) electrons. The third-order valence-electron chi connectivity index (χ3n) is 2.41. The van der Waals surface area contributed by atoms with Gasteiger partial charge in [0, 0.05) is 20.8 Å². The summed E-state index contributed by atoms with van der Waals surface area (Å²) in [4.78, 5) is 44.9. The van der Waals surface area contributed by atoms with Crippen LogP contribution >= 0.6 is 0 Å². The highest BCUT2D eigenvalue weighted by Crippen LogP contribution is 2.29. The minimum Gasteiger partial charge on any atom is -0.461 e. The van der Waals surface area contributed by atoms with E-state index in [9.17, 15) is 19.2 Å². The average Bonchev–Trinajstić information content (AvgIpc) is 2.54. The molecule has 0 saturated heterocycles. The van der Waals surface area contributed by atoms with Gasteiger partial charge in [-0.3, -0.25) is 19.2 Å². The molecule has 19 heavy (non-hydrogen) atoms. The van der Waals surface area contributed by atoms with Crippen LogP contribution in [-0.2, 0) is 33.4 Å². The zero-order chi connectivity index (χ0) is 14.6. The van der Waals surface area contributed by atoms with Crippen LogP contribution in [-0.4, -0.2) is 42.0 Å². The molecule has 2 atom stereocenters. The van der Waals surface area contributed by atoms with Crippen LogP contribution in [0.5, 0.6) is 0 Å². The Hall–Kier alpha value is -2.18. The molecule has 0 amide bonds. The Bertz CT molecular complexity index is 451. The van der Waals surface area contributed by atoms with Gasteiger partial charge in [0.25, 0.3) is 0 Å². The van der Waals surface area contributed by atoms with Gasteiger partial charge >= 0.3 is 17.9 Å². The first-order chi connectivity index (χ1) is 8.78. The quantitative estimate of drug-likeness (QED) is 0.520. The summed E-state index contributed by atoms with van der Waals surface area (Å²) in [6, 6.07) is 0. The first-order valence-electron chi connectivity index (χ1n) is 5.50. The number of carbonyl (C=O) groups excluding carboxylic acids is 4. The van der Waals surface area contributed by atoms with Gasteiger partial charge in [-0.15, -0.1) is 0 Å². The molecule has 0 aliphatic heterocycles. The fraction of sp³-hybridized carbons (Fsp3) is 0.500. The Balaban J connectivity index is 3.03. The Kier molecular flexibility index (Phi) is 4.42. The van der Waals surface area contributed by atoms with Gasteiger partial charge in [0.05, 0.1) is 0 Å². The zero-order valence-electron chi connectivity index (χ0n) is 10.8. The fourth-order valence-corrected chi connectivity index (χ4v) is 1.68. The van der Waals surface area contributed by atoms with Crippen molar-refractivity contribution in [1.82, 2.24) is 0 Å². The Labute approximate surface area is 109 Å². The van der Waals surface area contributed by atoms with E-state index in [4.69, 9.17) is 14.2 Å². The van der Waals surface area contributed by atoms with Crippen molar-refractivity contribution in [3.63, 3.8) is 0 Å². The second kappa shape index (κ2) is 5.64. The fourth-order valence-electron chi connectivity index (χ4n) is 1.68. The first kappa shape index (κ1) is 14.9.